The molecular weight excluding hydrogens is 322 g/mol. The number of rotatable bonds is 5. The van der Waals surface area contributed by atoms with Crippen LogP contribution in [-0.4, -0.2) is 55.9 Å². The Kier molecular flexibility index (Phi) is 4.41. The van der Waals surface area contributed by atoms with Gasteiger partial charge in [-0.1, -0.05) is 12.1 Å². The van der Waals surface area contributed by atoms with Crippen LogP contribution in [0.2, 0.25) is 0 Å². The summed E-state index contributed by atoms with van der Waals surface area (Å²) in [6.45, 7) is 1.55. The molecule has 23 heavy (non-hydrogen) atoms. The Labute approximate surface area is 134 Å². The zero-order chi connectivity index (χ0) is 16.5. The molecule has 0 aromatic heterocycles. The van der Waals surface area contributed by atoms with Gasteiger partial charge in [-0.15, -0.1) is 0 Å². The molecule has 0 aliphatic carbocycles. The predicted molar refractivity (Wildman–Crippen MR) is 80.4 cm³/mol. The summed E-state index contributed by atoms with van der Waals surface area (Å²) in [4.78, 5) is 10.8. The van der Waals surface area contributed by atoms with Crippen LogP contribution in [0.15, 0.2) is 29.2 Å². The number of nitrogens with zero attached hydrogens (tertiary/aromatic N) is 1. The highest BCUT2D eigenvalue weighted by Crippen LogP contribution is 2.33. The van der Waals surface area contributed by atoms with Crippen LogP contribution < -0.4 is 0 Å². The van der Waals surface area contributed by atoms with Gasteiger partial charge in [0.1, 0.15) is 0 Å². The molecule has 126 valence electrons. The molecular formula is C15H19NO6S. The molecule has 2 fully saturated rings. The van der Waals surface area contributed by atoms with E-state index in [1.54, 1.807) is 12.1 Å². The molecule has 0 bridgehead atoms. The lowest BCUT2D eigenvalue weighted by molar-refractivity contribution is -0.142. The van der Waals surface area contributed by atoms with E-state index in [2.05, 4.69) is 0 Å². The smallest absolute Gasteiger partial charge is 0.303 e. The topological polar surface area (TPSA) is 93.1 Å². The number of aryl methyl sites for hydroxylation is 1. The fraction of sp³-hybridized carbons (Fsp3) is 0.533. The van der Waals surface area contributed by atoms with Crippen molar-refractivity contribution in [2.45, 2.75) is 29.9 Å². The maximum Gasteiger partial charge on any atom is 0.303 e. The number of carboxylic acids is 1. The van der Waals surface area contributed by atoms with Crippen LogP contribution in [0.3, 0.4) is 0 Å². The van der Waals surface area contributed by atoms with Crippen molar-refractivity contribution in [3.63, 3.8) is 0 Å². The van der Waals surface area contributed by atoms with Gasteiger partial charge in [0.25, 0.3) is 0 Å². The molecule has 0 radical (unpaired) electrons. The largest absolute Gasteiger partial charge is 0.481 e. The molecule has 0 saturated carbocycles. The first-order valence-corrected chi connectivity index (χ1v) is 8.94. The third-order valence-corrected chi connectivity index (χ3v) is 6.02. The quantitative estimate of drug-likeness (QED) is 0.853. The number of hydrogen-bond donors (Lipinski definition) is 1. The molecule has 0 atom stereocenters. The van der Waals surface area contributed by atoms with Crippen molar-refractivity contribution in [2.24, 2.45) is 0 Å². The van der Waals surface area contributed by atoms with E-state index in [1.807, 2.05) is 0 Å². The normalized spacial score (nSPS) is 21.0. The van der Waals surface area contributed by atoms with Gasteiger partial charge >= 0.3 is 5.97 Å². The maximum atomic E-state index is 12.7. The molecule has 0 amide bonds. The van der Waals surface area contributed by atoms with Gasteiger partial charge in [0.15, 0.2) is 5.79 Å². The Balaban J connectivity index is 1.71. The van der Waals surface area contributed by atoms with E-state index < -0.39 is 21.8 Å². The van der Waals surface area contributed by atoms with Crippen molar-refractivity contribution < 1.29 is 27.8 Å². The van der Waals surface area contributed by atoms with E-state index >= 15 is 0 Å². The third kappa shape index (κ3) is 3.40. The molecule has 1 aromatic rings. The van der Waals surface area contributed by atoms with Gasteiger partial charge in [0, 0.05) is 19.4 Å². The Morgan fingerprint density at radius 1 is 1.22 bits per heavy atom. The number of sulfonamides is 1. The first kappa shape index (κ1) is 16.4. The molecule has 2 saturated heterocycles. The number of ether oxygens (including phenoxy) is 2. The lowest BCUT2D eigenvalue weighted by Gasteiger charge is -2.22. The van der Waals surface area contributed by atoms with E-state index in [9.17, 15) is 13.2 Å². The van der Waals surface area contributed by atoms with Crippen LogP contribution in [0.1, 0.15) is 18.4 Å². The van der Waals surface area contributed by atoms with Crippen LogP contribution in [0, 0.1) is 0 Å². The summed E-state index contributed by atoms with van der Waals surface area (Å²) in [6, 6.07) is 6.36. The van der Waals surface area contributed by atoms with Gasteiger partial charge in [-0.2, -0.15) is 4.31 Å². The molecule has 1 N–H and O–H groups in total. The summed E-state index contributed by atoms with van der Waals surface area (Å²) >= 11 is 0. The van der Waals surface area contributed by atoms with Crippen LogP contribution in [0.4, 0.5) is 0 Å². The summed E-state index contributed by atoms with van der Waals surface area (Å²) in [6.07, 6.45) is 0.933. The van der Waals surface area contributed by atoms with E-state index in [1.165, 1.54) is 16.4 Å². The fourth-order valence-corrected chi connectivity index (χ4v) is 4.36. The average molecular weight is 341 g/mol. The van der Waals surface area contributed by atoms with Gasteiger partial charge < -0.3 is 14.6 Å². The molecule has 2 heterocycles. The number of carbonyl (C=O) groups is 1. The predicted octanol–water partition coefficient (Wildman–Crippen LogP) is 0.841. The second-order valence-electron chi connectivity index (χ2n) is 5.73. The third-order valence-electron chi connectivity index (χ3n) is 4.16. The number of benzene rings is 1. The second-order valence-corrected chi connectivity index (χ2v) is 7.67. The SMILES string of the molecule is O=C(O)CCc1ccc(S(=O)(=O)N2CCC3(C2)OCCO3)cc1. The summed E-state index contributed by atoms with van der Waals surface area (Å²) in [7, 11) is -3.59. The van der Waals surface area contributed by atoms with Crippen molar-refractivity contribution in [3.05, 3.63) is 29.8 Å². The van der Waals surface area contributed by atoms with E-state index in [-0.39, 0.29) is 17.9 Å². The van der Waals surface area contributed by atoms with Crippen molar-refractivity contribution in [1.29, 1.82) is 0 Å². The van der Waals surface area contributed by atoms with Gasteiger partial charge in [0.05, 0.1) is 24.7 Å². The minimum absolute atomic E-state index is 0.0232. The van der Waals surface area contributed by atoms with Crippen LogP contribution in [0.5, 0.6) is 0 Å². The summed E-state index contributed by atoms with van der Waals surface area (Å²) < 4.78 is 37.8. The molecule has 8 heteroatoms. The average Bonchev–Trinajstić information content (AvgIpc) is 3.16. The fourth-order valence-electron chi connectivity index (χ4n) is 2.89. The Morgan fingerprint density at radius 3 is 2.48 bits per heavy atom. The van der Waals surface area contributed by atoms with E-state index in [0.29, 0.717) is 32.6 Å². The highest BCUT2D eigenvalue weighted by molar-refractivity contribution is 7.89. The summed E-state index contributed by atoms with van der Waals surface area (Å²) in [5, 5.41) is 8.68. The van der Waals surface area contributed by atoms with Gasteiger partial charge in [-0.3, -0.25) is 4.79 Å². The molecule has 3 rings (SSSR count). The van der Waals surface area contributed by atoms with Crippen molar-refractivity contribution >= 4 is 16.0 Å². The van der Waals surface area contributed by atoms with Crippen molar-refractivity contribution in [3.8, 4) is 0 Å². The lowest BCUT2D eigenvalue weighted by atomic mass is 10.1. The zero-order valence-electron chi connectivity index (χ0n) is 12.6. The van der Waals surface area contributed by atoms with Crippen LogP contribution in [-0.2, 0) is 30.7 Å². The minimum Gasteiger partial charge on any atom is -0.481 e. The minimum atomic E-state index is -3.59. The maximum absolute atomic E-state index is 12.7. The second kappa shape index (κ2) is 6.20. The summed E-state index contributed by atoms with van der Waals surface area (Å²) in [5.41, 5.74) is 0.798. The molecule has 1 aromatic carbocycles. The first-order chi connectivity index (χ1) is 10.9. The monoisotopic (exact) mass is 341 g/mol. The standard InChI is InChI=1S/C15H19NO6S/c17-14(18)6-3-12-1-4-13(5-2-12)23(19,20)16-8-7-15(11-16)21-9-10-22-15/h1-2,4-5H,3,6-11H2,(H,17,18). The molecule has 2 aliphatic rings. The lowest BCUT2D eigenvalue weighted by Crippen LogP contribution is -2.36. The van der Waals surface area contributed by atoms with Gasteiger partial charge in [0.2, 0.25) is 10.0 Å². The van der Waals surface area contributed by atoms with Crippen molar-refractivity contribution in [1.82, 2.24) is 4.31 Å². The first-order valence-electron chi connectivity index (χ1n) is 7.50. The zero-order valence-corrected chi connectivity index (χ0v) is 13.4. The van der Waals surface area contributed by atoms with Gasteiger partial charge in [-0.05, 0) is 24.1 Å². The Bertz CT molecular complexity index is 678. The highest BCUT2D eigenvalue weighted by Gasteiger charge is 2.47. The number of carboxylic acid groups (broad SMARTS) is 1. The van der Waals surface area contributed by atoms with E-state index in [4.69, 9.17) is 14.6 Å². The highest BCUT2D eigenvalue weighted by atomic mass is 32.2. The van der Waals surface area contributed by atoms with Crippen molar-refractivity contribution in [2.75, 3.05) is 26.3 Å². The van der Waals surface area contributed by atoms with Gasteiger partial charge in [-0.25, -0.2) is 8.42 Å². The molecule has 0 unspecified atom stereocenters. The number of aliphatic carboxylic acids is 1. The Morgan fingerprint density at radius 2 is 1.87 bits per heavy atom. The number of hydrogen-bond acceptors (Lipinski definition) is 5. The van der Waals surface area contributed by atoms with Crippen LogP contribution in [0.25, 0.3) is 0 Å². The molecule has 2 aliphatic heterocycles. The summed E-state index contributed by atoms with van der Waals surface area (Å²) in [5.74, 6) is -1.66. The van der Waals surface area contributed by atoms with E-state index in [0.717, 1.165) is 5.56 Å². The molecule has 7 nitrogen and oxygen atoms in total. The Hall–Kier alpha value is -1.48. The van der Waals surface area contributed by atoms with Crippen LogP contribution >= 0.6 is 0 Å². The molecule has 1 spiro atoms.